The molecule has 0 aromatic heterocycles. The molecule has 0 radical (unpaired) electrons. The van der Waals surface area contributed by atoms with Gasteiger partial charge in [0.05, 0.1) is 0 Å². The standard InChI is InChI=1S/C56H38/c1-5-18-37(19-6-1)41-26-17-27-42(32-41)50-36-51-52(45-34-43(38-20-7-2-8-21-38)33-44(35-45)39-22-9-3-10-23-39)46-28-13-15-30-48(46)54(51)55-49-31-16-14-29-47(49)53(56(50)55)40-24-11-4-12-25-40/h1-36,52-53H. The van der Waals surface area contributed by atoms with Gasteiger partial charge in [0.2, 0.25) is 0 Å². The Morgan fingerprint density at radius 3 is 1.29 bits per heavy atom. The van der Waals surface area contributed by atoms with E-state index in [4.69, 9.17) is 0 Å². The molecule has 0 heterocycles. The molecule has 2 unspecified atom stereocenters. The molecule has 262 valence electrons. The van der Waals surface area contributed by atoms with Crippen LogP contribution in [0.25, 0.3) is 66.8 Å². The van der Waals surface area contributed by atoms with Gasteiger partial charge in [-0.25, -0.2) is 0 Å². The maximum Gasteiger partial charge on any atom is 0.0358 e. The fraction of sp³-hybridized carbons (Fsp3) is 0.0357. The molecule has 0 saturated heterocycles. The van der Waals surface area contributed by atoms with Crippen molar-refractivity contribution in [2.45, 2.75) is 11.8 Å². The minimum atomic E-state index is 0.0524. The molecule has 0 bridgehead atoms. The monoisotopic (exact) mass is 710 g/mol. The van der Waals surface area contributed by atoms with Crippen LogP contribution in [0.1, 0.15) is 45.2 Å². The van der Waals surface area contributed by atoms with Crippen LogP contribution in [0.3, 0.4) is 0 Å². The molecule has 0 spiro atoms. The Morgan fingerprint density at radius 1 is 0.232 bits per heavy atom. The summed E-state index contributed by atoms with van der Waals surface area (Å²) >= 11 is 0. The highest BCUT2D eigenvalue weighted by Gasteiger charge is 2.40. The Hall–Kier alpha value is -7.02. The Labute approximate surface area is 329 Å². The zero-order valence-electron chi connectivity index (χ0n) is 30.9. The molecule has 0 heteroatoms. The van der Waals surface area contributed by atoms with Crippen LogP contribution in [0.4, 0.5) is 0 Å². The predicted octanol–water partition coefficient (Wildman–Crippen LogP) is 14.7. The summed E-state index contributed by atoms with van der Waals surface area (Å²) in [5.74, 6) is 0.164. The summed E-state index contributed by atoms with van der Waals surface area (Å²) in [6.45, 7) is 0. The zero-order valence-corrected chi connectivity index (χ0v) is 30.9. The summed E-state index contributed by atoms with van der Waals surface area (Å²) in [6, 6.07) is 81.0. The third-order valence-corrected chi connectivity index (χ3v) is 12.0. The Bertz CT molecular complexity index is 2830. The summed E-state index contributed by atoms with van der Waals surface area (Å²) in [5, 5.41) is 0. The lowest BCUT2D eigenvalue weighted by molar-refractivity contribution is 1.00. The third-order valence-electron chi connectivity index (χ3n) is 12.0. The first kappa shape index (κ1) is 32.4. The molecule has 0 aliphatic heterocycles. The molecule has 0 fully saturated rings. The number of fused-ring (bicyclic) bond motifs is 7. The van der Waals surface area contributed by atoms with Crippen LogP contribution in [0, 0.1) is 0 Å². The van der Waals surface area contributed by atoms with Gasteiger partial charge in [-0.3, -0.25) is 0 Å². The van der Waals surface area contributed by atoms with Crippen LogP contribution >= 0.6 is 0 Å². The molecular weight excluding hydrogens is 673 g/mol. The fourth-order valence-corrected chi connectivity index (χ4v) is 9.59. The first-order valence-electron chi connectivity index (χ1n) is 19.7. The van der Waals surface area contributed by atoms with Crippen LogP contribution < -0.4 is 0 Å². The number of hydrogen-bond donors (Lipinski definition) is 0. The van der Waals surface area contributed by atoms with Crippen LogP contribution in [-0.4, -0.2) is 0 Å². The highest BCUT2D eigenvalue weighted by molar-refractivity contribution is 6.02. The van der Waals surface area contributed by atoms with Crippen LogP contribution in [0.15, 0.2) is 218 Å². The minimum Gasteiger partial charge on any atom is -0.0622 e. The second-order valence-electron chi connectivity index (χ2n) is 15.2. The van der Waals surface area contributed by atoms with E-state index in [2.05, 4.69) is 218 Å². The molecule has 9 aromatic rings. The van der Waals surface area contributed by atoms with E-state index in [1.54, 1.807) is 0 Å². The van der Waals surface area contributed by atoms with E-state index < -0.39 is 0 Å². The number of rotatable bonds is 6. The largest absolute Gasteiger partial charge is 0.0622 e. The van der Waals surface area contributed by atoms with Gasteiger partial charge in [-0.1, -0.05) is 200 Å². The second-order valence-corrected chi connectivity index (χ2v) is 15.2. The van der Waals surface area contributed by atoms with Crippen molar-refractivity contribution >= 4 is 0 Å². The van der Waals surface area contributed by atoms with E-state index in [0.717, 1.165) is 0 Å². The average Bonchev–Trinajstić information content (AvgIpc) is 3.80. The van der Waals surface area contributed by atoms with Crippen molar-refractivity contribution < 1.29 is 0 Å². The van der Waals surface area contributed by atoms with Crippen molar-refractivity contribution in [3.05, 3.63) is 252 Å². The first-order chi connectivity index (χ1) is 27.8. The molecule has 2 aliphatic carbocycles. The van der Waals surface area contributed by atoms with Gasteiger partial charge >= 0.3 is 0 Å². The summed E-state index contributed by atoms with van der Waals surface area (Å²) in [7, 11) is 0. The molecule has 0 amide bonds. The van der Waals surface area contributed by atoms with E-state index in [1.165, 1.54) is 100 Å². The highest BCUT2D eigenvalue weighted by atomic mass is 14.4. The van der Waals surface area contributed by atoms with Crippen molar-refractivity contribution in [3.63, 3.8) is 0 Å². The van der Waals surface area contributed by atoms with Crippen molar-refractivity contribution in [1.29, 1.82) is 0 Å². The molecule has 56 heavy (non-hydrogen) atoms. The van der Waals surface area contributed by atoms with Gasteiger partial charge in [-0.2, -0.15) is 0 Å². The zero-order chi connectivity index (χ0) is 37.0. The normalized spacial score (nSPS) is 14.8. The van der Waals surface area contributed by atoms with Crippen molar-refractivity contribution in [1.82, 2.24) is 0 Å². The SMILES string of the molecule is c1ccc(-c2cccc(-c3cc4c(c5c3C(c3ccccc3)c3ccccc3-5)-c3ccccc3C4c3cc(-c4ccccc4)cc(-c4ccccc4)c3)c2)cc1. The molecule has 11 rings (SSSR count). The third kappa shape index (κ3) is 5.29. The predicted molar refractivity (Wildman–Crippen MR) is 234 cm³/mol. The smallest absolute Gasteiger partial charge is 0.0358 e. The lowest BCUT2D eigenvalue weighted by Crippen LogP contribution is -2.04. The van der Waals surface area contributed by atoms with Gasteiger partial charge in [-0.15, -0.1) is 0 Å². The fourth-order valence-electron chi connectivity index (χ4n) is 9.59. The summed E-state index contributed by atoms with van der Waals surface area (Å²) < 4.78 is 0. The highest BCUT2D eigenvalue weighted by Crippen LogP contribution is 2.61. The topological polar surface area (TPSA) is 0 Å². The van der Waals surface area contributed by atoms with E-state index in [1.807, 2.05) is 0 Å². The molecular formula is C56H38. The van der Waals surface area contributed by atoms with Crippen molar-refractivity contribution in [3.8, 4) is 66.8 Å². The van der Waals surface area contributed by atoms with Crippen molar-refractivity contribution in [2.24, 2.45) is 0 Å². The van der Waals surface area contributed by atoms with E-state index in [-0.39, 0.29) is 11.8 Å². The Balaban J connectivity index is 1.23. The molecule has 0 saturated carbocycles. The molecule has 9 aromatic carbocycles. The number of benzene rings is 9. The van der Waals surface area contributed by atoms with Gasteiger partial charge in [-0.05, 0) is 118 Å². The summed E-state index contributed by atoms with van der Waals surface area (Å²) in [5.41, 5.74) is 23.5. The number of hydrogen-bond acceptors (Lipinski definition) is 0. The van der Waals surface area contributed by atoms with Gasteiger partial charge < -0.3 is 0 Å². The summed E-state index contributed by atoms with van der Waals surface area (Å²) in [6.07, 6.45) is 0. The first-order valence-corrected chi connectivity index (χ1v) is 19.7. The van der Waals surface area contributed by atoms with Crippen LogP contribution in [0.2, 0.25) is 0 Å². The molecule has 2 atom stereocenters. The van der Waals surface area contributed by atoms with Gasteiger partial charge in [0.1, 0.15) is 0 Å². The van der Waals surface area contributed by atoms with Crippen LogP contribution in [0.5, 0.6) is 0 Å². The van der Waals surface area contributed by atoms with Crippen LogP contribution in [-0.2, 0) is 0 Å². The molecule has 0 nitrogen and oxygen atoms in total. The quantitative estimate of drug-likeness (QED) is 0.161. The van der Waals surface area contributed by atoms with E-state index in [9.17, 15) is 0 Å². The average molecular weight is 711 g/mol. The molecule has 2 aliphatic rings. The van der Waals surface area contributed by atoms with Gasteiger partial charge in [0.15, 0.2) is 0 Å². The van der Waals surface area contributed by atoms with E-state index in [0.29, 0.717) is 0 Å². The van der Waals surface area contributed by atoms with E-state index >= 15 is 0 Å². The van der Waals surface area contributed by atoms with Gasteiger partial charge in [0, 0.05) is 11.8 Å². The molecule has 0 N–H and O–H groups in total. The maximum absolute atomic E-state index is 2.57. The Kier molecular flexibility index (Phi) is 7.74. The minimum absolute atomic E-state index is 0.0524. The van der Waals surface area contributed by atoms with Gasteiger partial charge in [0.25, 0.3) is 0 Å². The summed E-state index contributed by atoms with van der Waals surface area (Å²) in [4.78, 5) is 0. The van der Waals surface area contributed by atoms with Crippen molar-refractivity contribution in [2.75, 3.05) is 0 Å². The lowest BCUT2D eigenvalue weighted by atomic mass is 9.80. The maximum atomic E-state index is 2.57. The Morgan fingerprint density at radius 2 is 0.679 bits per heavy atom. The lowest BCUT2D eigenvalue weighted by Gasteiger charge is -2.23. The second kappa shape index (κ2) is 13.4.